The summed E-state index contributed by atoms with van der Waals surface area (Å²) >= 11 is 9.42. The second-order valence-corrected chi connectivity index (χ2v) is 5.62. The molecule has 0 unspecified atom stereocenters. The highest BCUT2D eigenvalue weighted by atomic mass is 79.9. The zero-order valence-electron chi connectivity index (χ0n) is 10.8. The van der Waals surface area contributed by atoms with Gasteiger partial charge in [0.15, 0.2) is 0 Å². The topological polar surface area (TPSA) is 21.3 Å². The van der Waals surface area contributed by atoms with E-state index < -0.39 is 0 Å². The summed E-state index contributed by atoms with van der Waals surface area (Å²) in [7, 11) is 1.68. The number of methoxy groups -OCH3 is 1. The Balaban J connectivity index is 2.16. The first-order valence-corrected chi connectivity index (χ1v) is 7.09. The van der Waals surface area contributed by atoms with Crippen LogP contribution in [0, 0.1) is 6.92 Å². The van der Waals surface area contributed by atoms with Crippen LogP contribution in [-0.2, 0) is 6.54 Å². The summed E-state index contributed by atoms with van der Waals surface area (Å²) in [5.74, 6) is 0.877. The largest absolute Gasteiger partial charge is 0.496 e. The molecule has 0 saturated heterocycles. The van der Waals surface area contributed by atoms with E-state index in [0.29, 0.717) is 6.54 Å². The van der Waals surface area contributed by atoms with Gasteiger partial charge in [-0.25, -0.2) is 0 Å². The lowest BCUT2D eigenvalue weighted by molar-refractivity contribution is 0.410. The van der Waals surface area contributed by atoms with Gasteiger partial charge >= 0.3 is 0 Å². The number of nitrogens with one attached hydrogen (secondary N) is 1. The maximum atomic E-state index is 5.95. The Morgan fingerprint density at radius 2 is 2.00 bits per heavy atom. The SMILES string of the molecule is COc1ccc(Br)cc1CNc1ccc(Cl)cc1C. The van der Waals surface area contributed by atoms with Gasteiger partial charge < -0.3 is 10.1 Å². The van der Waals surface area contributed by atoms with Crippen LogP contribution in [0.4, 0.5) is 5.69 Å². The van der Waals surface area contributed by atoms with Crippen LogP contribution in [0.1, 0.15) is 11.1 Å². The number of benzene rings is 2. The first-order valence-electron chi connectivity index (χ1n) is 5.92. The smallest absolute Gasteiger partial charge is 0.123 e. The predicted octanol–water partition coefficient (Wildman–Crippen LogP) is 5.03. The van der Waals surface area contributed by atoms with Gasteiger partial charge in [-0.2, -0.15) is 0 Å². The van der Waals surface area contributed by atoms with Crippen LogP contribution >= 0.6 is 27.5 Å². The molecule has 0 aliphatic rings. The Morgan fingerprint density at radius 3 is 2.68 bits per heavy atom. The number of anilines is 1. The third kappa shape index (κ3) is 3.64. The van der Waals surface area contributed by atoms with E-state index in [4.69, 9.17) is 16.3 Å². The number of hydrogen-bond acceptors (Lipinski definition) is 2. The van der Waals surface area contributed by atoms with Gasteiger partial charge in [-0.1, -0.05) is 27.5 Å². The van der Waals surface area contributed by atoms with Crippen molar-refractivity contribution in [2.24, 2.45) is 0 Å². The number of ether oxygens (including phenoxy) is 1. The molecule has 1 N–H and O–H groups in total. The molecular formula is C15H15BrClNO. The van der Waals surface area contributed by atoms with Crippen molar-refractivity contribution in [2.45, 2.75) is 13.5 Å². The van der Waals surface area contributed by atoms with Crippen molar-refractivity contribution < 1.29 is 4.74 Å². The maximum absolute atomic E-state index is 5.95. The first-order chi connectivity index (χ1) is 9.10. The van der Waals surface area contributed by atoms with Crippen molar-refractivity contribution in [3.8, 4) is 5.75 Å². The number of rotatable bonds is 4. The molecule has 2 aromatic carbocycles. The highest BCUT2D eigenvalue weighted by Crippen LogP contribution is 2.25. The van der Waals surface area contributed by atoms with Crippen LogP contribution in [0.2, 0.25) is 5.02 Å². The van der Waals surface area contributed by atoms with E-state index in [1.807, 2.05) is 37.3 Å². The highest BCUT2D eigenvalue weighted by molar-refractivity contribution is 9.10. The van der Waals surface area contributed by atoms with Gasteiger partial charge in [0.1, 0.15) is 5.75 Å². The predicted molar refractivity (Wildman–Crippen MR) is 84.2 cm³/mol. The van der Waals surface area contributed by atoms with E-state index >= 15 is 0 Å². The molecule has 0 bridgehead atoms. The molecular weight excluding hydrogens is 326 g/mol. The van der Waals surface area contributed by atoms with Crippen LogP contribution < -0.4 is 10.1 Å². The fourth-order valence-electron chi connectivity index (χ4n) is 1.90. The summed E-state index contributed by atoms with van der Waals surface area (Å²) in [4.78, 5) is 0. The van der Waals surface area contributed by atoms with Crippen LogP contribution in [0.15, 0.2) is 40.9 Å². The Morgan fingerprint density at radius 1 is 1.21 bits per heavy atom. The van der Waals surface area contributed by atoms with E-state index in [9.17, 15) is 0 Å². The second kappa shape index (κ2) is 6.31. The summed E-state index contributed by atoms with van der Waals surface area (Å²) in [5, 5.41) is 4.15. The van der Waals surface area contributed by atoms with Crippen molar-refractivity contribution in [1.29, 1.82) is 0 Å². The molecule has 0 atom stereocenters. The summed E-state index contributed by atoms with van der Waals surface area (Å²) < 4.78 is 6.40. The molecule has 2 aromatic rings. The third-order valence-electron chi connectivity index (χ3n) is 2.90. The minimum absolute atomic E-state index is 0.699. The average molecular weight is 341 g/mol. The summed E-state index contributed by atoms with van der Waals surface area (Å²) in [6.45, 7) is 2.73. The van der Waals surface area contributed by atoms with Crippen LogP contribution in [0.3, 0.4) is 0 Å². The van der Waals surface area contributed by atoms with Crippen LogP contribution in [0.5, 0.6) is 5.75 Å². The number of hydrogen-bond donors (Lipinski definition) is 1. The van der Waals surface area contributed by atoms with Crippen molar-refractivity contribution in [3.63, 3.8) is 0 Å². The number of aryl methyl sites for hydroxylation is 1. The molecule has 0 saturated carbocycles. The van der Waals surface area contributed by atoms with E-state index in [0.717, 1.165) is 32.1 Å². The zero-order valence-corrected chi connectivity index (χ0v) is 13.2. The Labute approximate surface area is 126 Å². The summed E-state index contributed by atoms with van der Waals surface area (Å²) in [6, 6.07) is 11.8. The molecule has 100 valence electrons. The monoisotopic (exact) mass is 339 g/mol. The molecule has 2 rings (SSSR count). The van der Waals surface area contributed by atoms with Gasteiger partial charge in [0.25, 0.3) is 0 Å². The molecule has 0 heterocycles. The van der Waals surface area contributed by atoms with Gasteiger partial charge in [-0.3, -0.25) is 0 Å². The molecule has 0 amide bonds. The molecule has 0 aromatic heterocycles. The third-order valence-corrected chi connectivity index (χ3v) is 3.63. The normalized spacial score (nSPS) is 10.3. The van der Waals surface area contributed by atoms with Gasteiger partial charge in [-0.05, 0) is 48.9 Å². The van der Waals surface area contributed by atoms with Gasteiger partial charge in [0, 0.05) is 27.3 Å². The Hall–Kier alpha value is -1.19. The maximum Gasteiger partial charge on any atom is 0.123 e. The first kappa shape index (κ1) is 14.2. The zero-order chi connectivity index (χ0) is 13.8. The molecule has 0 spiro atoms. The van der Waals surface area contributed by atoms with Crippen molar-refractivity contribution in [3.05, 3.63) is 57.0 Å². The fraction of sp³-hybridized carbons (Fsp3) is 0.200. The molecule has 0 fully saturated rings. The van der Waals surface area contributed by atoms with Gasteiger partial charge in [0.05, 0.1) is 7.11 Å². The van der Waals surface area contributed by atoms with E-state index in [1.165, 1.54) is 0 Å². The second-order valence-electron chi connectivity index (χ2n) is 4.27. The van der Waals surface area contributed by atoms with E-state index in [-0.39, 0.29) is 0 Å². The highest BCUT2D eigenvalue weighted by Gasteiger charge is 2.05. The lowest BCUT2D eigenvalue weighted by Gasteiger charge is -2.13. The summed E-state index contributed by atoms with van der Waals surface area (Å²) in [6.07, 6.45) is 0. The van der Waals surface area contributed by atoms with Crippen molar-refractivity contribution in [2.75, 3.05) is 12.4 Å². The molecule has 0 radical (unpaired) electrons. The van der Waals surface area contributed by atoms with Gasteiger partial charge in [-0.15, -0.1) is 0 Å². The molecule has 19 heavy (non-hydrogen) atoms. The fourth-order valence-corrected chi connectivity index (χ4v) is 2.54. The average Bonchev–Trinajstić information content (AvgIpc) is 2.38. The minimum Gasteiger partial charge on any atom is -0.496 e. The number of halogens is 2. The van der Waals surface area contributed by atoms with Crippen LogP contribution in [-0.4, -0.2) is 7.11 Å². The quantitative estimate of drug-likeness (QED) is 0.842. The van der Waals surface area contributed by atoms with Gasteiger partial charge in [0.2, 0.25) is 0 Å². The lowest BCUT2D eigenvalue weighted by atomic mass is 10.1. The van der Waals surface area contributed by atoms with E-state index in [2.05, 4.69) is 27.3 Å². The molecule has 4 heteroatoms. The Bertz CT molecular complexity index is 586. The summed E-state index contributed by atoms with van der Waals surface area (Å²) in [5.41, 5.74) is 3.30. The molecule has 0 aliphatic heterocycles. The molecule has 2 nitrogen and oxygen atoms in total. The Kier molecular flexibility index (Phi) is 4.72. The van der Waals surface area contributed by atoms with Crippen LogP contribution in [0.25, 0.3) is 0 Å². The standard InChI is InChI=1S/C15H15BrClNO/c1-10-7-13(17)4-5-14(10)18-9-11-8-12(16)3-6-15(11)19-2/h3-8,18H,9H2,1-2H3. The van der Waals surface area contributed by atoms with Crippen molar-refractivity contribution >= 4 is 33.2 Å². The van der Waals surface area contributed by atoms with Crippen molar-refractivity contribution in [1.82, 2.24) is 0 Å². The minimum atomic E-state index is 0.699. The lowest BCUT2D eigenvalue weighted by Crippen LogP contribution is -2.03. The van der Waals surface area contributed by atoms with E-state index in [1.54, 1.807) is 7.11 Å². The molecule has 0 aliphatic carbocycles.